The van der Waals surface area contributed by atoms with Crippen molar-refractivity contribution in [2.24, 2.45) is 0 Å². The first-order chi connectivity index (χ1) is 9.60. The van der Waals surface area contributed by atoms with Crippen LogP contribution in [0, 0.1) is 0 Å². The van der Waals surface area contributed by atoms with Gasteiger partial charge in [-0.15, -0.1) is 0 Å². The van der Waals surface area contributed by atoms with Crippen LogP contribution in [0.2, 0.25) is 5.02 Å². The van der Waals surface area contributed by atoms with E-state index in [-0.39, 0.29) is 6.42 Å². The van der Waals surface area contributed by atoms with E-state index in [1.807, 2.05) is 24.3 Å². The van der Waals surface area contributed by atoms with Crippen LogP contribution in [0.5, 0.6) is 5.88 Å². The van der Waals surface area contributed by atoms with Crippen molar-refractivity contribution in [2.45, 2.75) is 19.4 Å². The molecule has 0 spiro atoms. The summed E-state index contributed by atoms with van der Waals surface area (Å²) in [5.41, 5.74) is 1.84. The van der Waals surface area contributed by atoms with Crippen molar-refractivity contribution in [3.63, 3.8) is 0 Å². The molecule has 2 aromatic rings. The highest BCUT2D eigenvalue weighted by atomic mass is 35.5. The average molecular weight is 295 g/mol. The molecule has 0 aliphatic heterocycles. The number of hydrogen-bond acceptors (Lipinski definition) is 3. The van der Waals surface area contributed by atoms with Gasteiger partial charge in [0.05, 0.1) is 19.9 Å². The van der Waals surface area contributed by atoms with E-state index in [1.54, 1.807) is 18.0 Å². The van der Waals surface area contributed by atoms with Gasteiger partial charge >= 0.3 is 5.97 Å². The van der Waals surface area contributed by atoms with Crippen LogP contribution in [0.3, 0.4) is 0 Å². The lowest BCUT2D eigenvalue weighted by Gasteiger charge is -2.08. The largest absolute Gasteiger partial charge is 0.481 e. The molecule has 2 rings (SSSR count). The summed E-state index contributed by atoms with van der Waals surface area (Å²) in [7, 11) is 1.56. The van der Waals surface area contributed by atoms with Crippen molar-refractivity contribution in [3.8, 4) is 5.88 Å². The van der Waals surface area contributed by atoms with Gasteiger partial charge in [-0.3, -0.25) is 4.79 Å². The van der Waals surface area contributed by atoms with E-state index in [0.29, 0.717) is 23.9 Å². The van der Waals surface area contributed by atoms with E-state index in [1.165, 1.54) is 0 Å². The number of hydrogen-bond donors (Lipinski definition) is 1. The zero-order valence-corrected chi connectivity index (χ0v) is 11.8. The van der Waals surface area contributed by atoms with Gasteiger partial charge in [0.2, 0.25) is 5.88 Å². The second kappa shape index (κ2) is 6.43. The van der Waals surface area contributed by atoms with E-state index in [0.717, 1.165) is 11.1 Å². The Morgan fingerprint density at radius 1 is 1.40 bits per heavy atom. The van der Waals surface area contributed by atoms with Gasteiger partial charge in [-0.1, -0.05) is 23.7 Å². The third kappa shape index (κ3) is 3.51. The summed E-state index contributed by atoms with van der Waals surface area (Å²) in [6.07, 6.45) is 2.11. The van der Waals surface area contributed by atoms with E-state index < -0.39 is 5.97 Å². The Balaban J connectivity index is 2.15. The number of carbonyl (C=O) groups is 1. The van der Waals surface area contributed by atoms with E-state index in [9.17, 15) is 4.79 Å². The molecule has 1 N–H and O–H groups in total. The summed E-state index contributed by atoms with van der Waals surface area (Å²) in [5.74, 6) is -0.237. The normalized spacial score (nSPS) is 10.5. The molecule has 5 nitrogen and oxygen atoms in total. The van der Waals surface area contributed by atoms with Gasteiger partial charge < -0.3 is 9.84 Å². The molecule has 0 saturated carbocycles. The zero-order valence-electron chi connectivity index (χ0n) is 11.0. The zero-order chi connectivity index (χ0) is 14.5. The fraction of sp³-hybridized carbons (Fsp3) is 0.286. The van der Waals surface area contributed by atoms with Crippen LogP contribution in [0.1, 0.15) is 17.5 Å². The molecule has 20 heavy (non-hydrogen) atoms. The highest BCUT2D eigenvalue weighted by Crippen LogP contribution is 2.21. The fourth-order valence-electron chi connectivity index (χ4n) is 1.94. The lowest BCUT2D eigenvalue weighted by molar-refractivity contribution is -0.136. The number of methoxy groups -OCH3 is 1. The van der Waals surface area contributed by atoms with Crippen molar-refractivity contribution >= 4 is 17.6 Å². The predicted molar refractivity (Wildman–Crippen MR) is 75.3 cm³/mol. The third-order valence-corrected chi connectivity index (χ3v) is 3.16. The van der Waals surface area contributed by atoms with E-state index in [2.05, 4.69) is 5.10 Å². The maximum atomic E-state index is 10.6. The highest BCUT2D eigenvalue weighted by Gasteiger charge is 2.12. The minimum absolute atomic E-state index is 0.0585. The molecule has 1 aromatic carbocycles. The Bertz CT molecular complexity index is 593. The molecule has 0 unspecified atom stereocenters. The third-order valence-electron chi connectivity index (χ3n) is 2.91. The fourth-order valence-corrected chi connectivity index (χ4v) is 2.06. The summed E-state index contributed by atoms with van der Waals surface area (Å²) >= 11 is 5.85. The van der Waals surface area contributed by atoms with E-state index >= 15 is 0 Å². The Morgan fingerprint density at radius 2 is 2.10 bits per heavy atom. The van der Waals surface area contributed by atoms with Gasteiger partial charge in [0.15, 0.2) is 0 Å². The molecule has 0 radical (unpaired) electrons. The van der Waals surface area contributed by atoms with Crippen molar-refractivity contribution in [1.29, 1.82) is 0 Å². The Morgan fingerprint density at radius 3 is 2.70 bits per heavy atom. The number of benzene rings is 1. The first-order valence-corrected chi connectivity index (χ1v) is 6.53. The summed E-state index contributed by atoms with van der Waals surface area (Å²) in [6.45, 7) is 0.549. The quantitative estimate of drug-likeness (QED) is 0.889. The first kappa shape index (κ1) is 14.4. The molecular weight excluding hydrogens is 280 g/mol. The number of ether oxygens (including phenoxy) is 1. The van der Waals surface area contributed by atoms with Gasteiger partial charge in [0.1, 0.15) is 0 Å². The molecule has 0 amide bonds. The Hall–Kier alpha value is -2.01. The Kier molecular flexibility index (Phi) is 4.63. The van der Waals surface area contributed by atoms with Crippen LogP contribution >= 0.6 is 11.6 Å². The predicted octanol–water partition coefficient (Wildman–Crippen LogP) is 2.61. The first-order valence-electron chi connectivity index (χ1n) is 6.15. The minimum atomic E-state index is -0.836. The van der Waals surface area contributed by atoms with E-state index in [4.69, 9.17) is 21.4 Å². The lowest BCUT2D eigenvalue weighted by atomic mass is 10.2. The van der Waals surface area contributed by atoms with Gasteiger partial charge in [0.25, 0.3) is 0 Å². The molecule has 6 heteroatoms. The number of carboxylic acids is 1. The van der Waals surface area contributed by atoms with Crippen molar-refractivity contribution in [3.05, 3.63) is 46.6 Å². The monoisotopic (exact) mass is 294 g/mol. The maximum absolute atomic E-state index is 10.6. The molecule has 0 atom stereocenters. The molecule has 106 valence electrons. The molecule has 1 aromatic heterocycles. The van der Waals surface area contributed by atoms with Crippen LogP contribution in [-0.2, 0) is 17.8 Å². The van der Waals surface area contributed by atoms with Gasteiger partial charge in [-0.2, -0.15) is 5.10 Å². The highest BCUT2D eigenvalue weighted by molar-refractivity contribution is 6.30. The van der Waals surface area contributed by atoms with Crippen molar-refractivity contribution < 1.29 is 14.6 Å². The van der Waals surface area contributed by atoms with Crippen molar-refractivity contribution in [1.82, 2.24) is 9.78 Å². The summed E-state index contributed by atoms with van der Waals surface area (Å²) in [4.78, 5) is 10.6. The number of carboxylic acid groups (broad SMARTS) is 1. The SMILES string of the molecule is COc1c(CCC(=O)O)cnn1Cc1ccc(Cl)cc1. The number of nitrogens with zero attached hydrogens (tertiary/aromatic N) is 2. The summed E-state index contributed by atoms with van der Waals surface area (Å²) in [6, 6.07) is 7.47. The molecule has 0 fully saturated rings. The lowest BCUT2D eigenvalue weighted by Crippen LogP contribution is -2.05. The number of aromatic nitrogens is 2. The number of aryl methyl sites for hydroxylation is 1. The Labute approximate surface area is 121 Å². The number of halogens is 1. The molecule has 0 bridgehead atoms. The number of rotatable bonds is 6. The van der Waals surface area contributed by atoms with Crippen LogP contribution in [0.25, 0.3) is 0 Å². The molecule has 0 aliphatic carbocycles. The summed E-state index contributed by atoms with van der Waals surface area (Å²) < 4.78 is 7.03. The second-order valence-corrected chi connectivity index (χ2v) is 4.79. The second-order valence-electron chi connectivity index (χ2n) is 4.36. The smallest absolute Gasteiger partial charge is 0.303 e. The molecule has 0 saturated heterocycles. The number of aliphatic carboxylic acids is 1. The van der Waals surface area contributed by atoms with Crippen LogP contribution in [0.4, 0.5) is 0 Å². The van der Waals surface area contributed by atoms with Gasteiger partial charge in [-0.25, -0.2) is 4.68 Å². The van der Waals surface area contributed by atoms with Gasteiger partial charge in [0, 0.05) is 17.0 Å². The van der Waals surface area contributed by atoms with Crippen LogP contribution in [0.15, 0.2) is 30.5 Å². The van der Waals surface area contributed by atoms with Gasteiger partial charge in [-0.05, 0) is 24.1 Å². The molecular formula is C14H15ClN2O3. The van der Waals surface area contributed by atoms with Crippen LogP contribution in [-0.4, -0.2) is 28.0 Å². The standard InChI is InChI=1S/C14H15ClN2O3/c1-20-14-11(4-7-13(18)19)8-16-17(14)9-10-2-5-12(15)6-3-10/h2-3,5-6,8H,4,7,9H2,1H3,(H,18,19). The van der Waals surface area contributed by atoms with Crippen molar-refractivity contribution in [2.75, 3.05) is 7.11 Å². The summed E-state index contributed by atoms with van der Waals surface area (Å²) in [5, 5.41) is 13.7. The maximum Gasteiger partial charge on any atom is 0.303 e. The molecule has 1 heterocycles. The molecule has 0 aliphatic rings. The minimum Gasteiger partial charge on any atom is -0.481 e. The topological polar surface area (TPSA) is 64.3 Å². The average Bonchev–Trinajstić information content (AvgIpc) is 2.81. The van der Waals surface area contributed by atoms with Crippen LogP contribution < -0.4 is 4.74 Å².